The van der Waals surface area contributed by atoms with Crippen molar-refractivity contribution >= 4 is 31.6 Å². The zero-order valence-corrected chi connectivity index (χ0v) is 16.1. The van der Waals surface area contributed by atoms with E-state index in [1.165, 1.54) is 47.4 Å². The molecular formula is C15H17N5O5S2. The molecule has 3 rings (SSSR count). The van der Waals surface area contributed by atoms with Crippen molar-refractivity contribution in [1.82, 2.24) is 14.9 Å². The molecule has 0 saturated carbocycles. The van der Waals surface area contributed by atoms with Crippen LogP contribution in [0.5, 0.6) is 0 Å². The van der Waals surface area contributed by atoms with Crippen LogP contribution in [0, 0.1) is 6.92 Å². The van der Waals surface area contributed by atoms with Gasteiger partial charge in [-0.25, -0.2) is 16.8 Å². The molecular weight excluding hydrogens is 394 g/mol. The molecule has 3 aromatic rings. The highest BCUT2D eigenvalue weighted by atomic mass is 32.2. The molecule has 0 unspecified atom stereocenters. The summed E-state index contributed by atoms with van der Waals surface area (Å²) in [5.41, 5.74) is 0.218. The Bertz CT molecular complexity index is 1150. The topological polar surface area (TPSA) is 136 Å². The summed E-state index contributed by atoms with van der Waals surface area (Å²) in [5, 5.41) is 7.50. The molecule has 0 fully saturated rings. The second-order valence-corrected chi connectivity index (χ2v) is 8.95. The highest BCUT2D eigenvalue weighted by Crippen LogP contribution is 2.20. The van der Waals surface area contributed by atoms with E-state index in [9.17, 15) is 16.8 Å². The van der Waals surface area contributed by atoms with E-state index >= 15 is 0 Å². The quantitative estimate of drug-likeness (QED) is 0.605. The number of benzene rings is 1. The van der Waals surface area contributed by atoms with Crippen LogP contribution in [0.2, 0.25) is 0 Å². The monoisotopic (exact) mass is 411 g/mol. The van der Waals surface area contributed by atoms with Crippen molar-refractivity contribution in [3.8, 4) is 0 Å². The van der Waals surface area contributed by atoms with Gasteiger partial charge in [-0.3, -0.25) is 14.1 Å². The molecule has 0 bridgehead atoms. The van der Waals surface area contributed by atoms with Gasteiger partial charge in [-0.2, -0.15) is 5.10 Å². The minimum Gasteiger partial charge on any atom is -0.360 e. The van der Waals surface area contributed by atoms with Gasteiger partial charge in [-0.15, -0.1) is 0 Å². The van der Waals surface area contributed by atoms with Gasteiger partial charge in [-0.1, -0.05) is 5.16 Å². The summed E-state index contributed by atoms with van der Waals surface area (Å²) in [6.45, 7) is 4.01. The predicted octanol–water partition coefficient (Wildman–Crippen LogP) is 1.80. The summed E-state index contributed by atoms with van der Waals surface area (Å²) in [7, 11) is -7.69. The highest BCUT2D eigenvalue weighted by Gasteiger charge is 2.19. The Morgan fingerprint density at radius 2 is 1.70 bits per heavy atom. The number of aryl methyl sites for hydroxylation is 2. The lowest BCUT2D eigenvalue weighted by Gasteiger charge is -2.08. The first-order valence-electron chi connectivity index (χ1n) is 7.81. The van der Waals surface area contributed by atoms with Crippen molar-refractivity contribution in [2.45, 2.75) is 30.2 Å². The summed E-state index contributed by atoms with van der Waals surface area (Å²) in [6, 6.07) is 6.70. The normalized spacial score (nSPS) is 12.1. The number of hydrogen-bond donors (Lipinski definition) is 2. The van der Waals surface area contributed by atoms with Crippen molar-refractivity contribution in [3.63, 3.8) is 0 Å². The van der Waals surface area contributed by atoms with Gasteiger partial charge >= 0.3 is 0 Å². The van der Waals surface area contributed by atoms with Gasteiger partial charge in [0, 0.05) is 24.5 Å². The van der Waals surface area contributed by atoms with Gasteiger partial charge in [0.25, 0.3) is 20.0 Å². The minimum absolute atomic E-state index is 0.0177. The summed E-state index contributed by atoms with van der Waals surface area (Å²) in [6.07, 6.45) is 2.65. The van der Waals surface area contributed by atoms with E-state index in [0.29, 0.717) is 12.3 Å². The number of nitrogens with one attached hydrogen (secondary N) is 2. The van der Waals surface area contributed by atoms with Crippen LogP contribution in [0.25, 0.3) is 0 Å². The molecule has 0 saturated heterocycles. The first-order chi connectivity index (χ1) is 12.7. The number of aromatic nitrogens is 3. The van der Waals surface area contributed by atoms with E-state index in [1.54, 1.807) is 6.92 Å². The van der Waals surface area contributed by atoms with E-state index in [1.807, 2.05) is 6.92 Å². The molecule has 144 valence electrons. The van der Waals surface area contributed by atoms with Crippen LogP contribution >= 0.6 is 0 Å². The molecule has 0 spiro atoms. The van der Waals surface area contributed by atoms with Crippen molar-refractivity contribution in [2.24, 2.45) is 0 Å². The second-order valence-electron chi connectivity index (χ2n) is 5.59. The summed E-state index contributed by atoms with van der Waals surface area (Å²) in [4.78, 5) is -0.0333. The molecule has 12 heteroatoms. The van der Waals surface area contributed by atoms with E-state index < -0.39 is 20.0 Å². The maximum atomic E-state index is 12.3. The fourth-order valence-electron chi connectivity index (χ4n) is 2.18. The Hall–Kier alpha value is -2.86. The third kappa shape index (κ3) is 4.28. The van der Waals surface area contributed by atoms with Crippen LogP contribution in [0.3, 0.4) is 0 Å². The number of sulfonamides is 2. The molecule has 0 aliphatic carbocycles. The second kappa shape index (κ2) is 7.04. The van der Waals surface area contributed by atoms with Gasteiger partial charge < -0.3 is 4.52 Å². The summed E-state index contributed by atoms with van der Waals surface area (Å²) < 4.78 is 60.3. The van der Waals surface area contributed by atoms with E-state index in [-0.39, 0.29) is 21.3 Å². The number of anilines is 2. The van der Waals surface area contributed by atoms with Gasteiger partial charge in [-0.05, 0) is 38.1 Å². The lowest BCUT2D eigenvalue weighted by atomic mass is 10.3. The molecule has 1 aromatic carbocycles. The minimum atomic E-state index is -3.88. The molecule has 0 aliphatic heterocycles. The van der Waals surface area contributed by atoms with Crippen LogP contribution in [0.15, 0.2) is 57.0 Å². The highest BCUT2D eigenvalue weighted by molar-refractivity contribution is 7.93. The van der Waals surface area contributed by atoms with E-state index in [0.717, 1.165) is 0 Å². The Kier molecular flexibility index (Phi) is 4.93. The molecule has 2 heterocycles. The molecule has 0 radical (unpaired) electrons. The Morgan fingerprint density at radius 3 is 2.26 bits per heavy atom. The molecule has 2 aromatic heterocycles. The van der Waals surface area contributed by atoms with Crippen molar-refractivity contribution in [1.29, 1.82) is 0 Å². The molecule has 27 heavy (non-hydrogen) atoms. The number of hydrogen-bond acceptors (Lipinski definition) is 7. The van der Waals surface area contributed by atoms with Crippen LogP contribution in [-0.4, -0.2) is 31.8 Å². The van der Waals surface area contributed by atoms with Crippen molar-refractivity contribution < 1.29 is 21.4 Å². The lowest BCUT2D eigenvalue weighted by molar-refractivity contribution is 0.400. The van der Waals surface area contributed by atoms with E-state index in [2.05, 4.69) is 19.7 Å². The first-order valence-corrected chi connectivity index (χ1v) is 10.8. The maximum Gasteiger partial charge on any atom is 0.265 e. The standard InChI is InChI=1S/C15H17N5O5S2/c1-3-20-10-14(9-16-20)27(23,24)18-12-4-6-13(7-5-12)26(21,22)19-15-8-11(2)25-17-15/h4-10,18H,3H2,1-2H3,(H,17,19). The van der Waals surface area contributed by atoms with Gasteiger partial charge in [0.15, 0.2) is 5.82 Å². The third-order valence-electron chi connectivity index (χ3n) is 3.53. The third-order valence-corrected chi connectivity index (χ3v) is 6.23. The first kappa shape index (κ1) is 18.9. The van der Waals surface area contributed by atoms with Crippen LogP contribution in [-0.2, 0) is 26.6 Å². The Labute approximate surface area is 156 Å². The average molecular weight is 411 g/mol. The molecule has 10 nitrogen and oxygen atoms in total. The molecule has 2 N–H and O–H groups in total. The molecule has 0 amide bonds. The summed E-state index contributed by atoms with van der Waals surface area (Å²) >= 11 is 0. The van der Waals surface area contributed by atoms with E-state index in [4.69, 9.17) is 4.52 Å². The zero-order chi connectivity index (χ0) is 19.7. The van der Waals surface area contributed by atoms with Gasteiger partial charge in [0.05, 0.1) is 11.1 Å². The molecule has 0 atom stereocenters. The Morgan fingerprint density at radius 1 is 1.04 bits per heavy atom. The predicted molar refractivity (Wildman–Crippen MR) is 97.2 cm³/mol. The zero-order valence-electron chi connectivity index (χ0n) is 14.4. The molecule has 0 aliphatic rings. The maximum absolute atomic E-state index is 12.3. The van der Waals surface area contributed by atoms with Crippen LogP contribution in [0.1, 0.15) is 12.7 Å². The fraction of sp³-hybridized carbons (Fsp3) is 0.200. The van der Waals surface area contributed by atoms with Gasteiger partial charge in [0.1, 0.15) is 10.7 Å². The SMILES string of the molecule is CCn1cc(S(=O)(=O)Nc2ccc(S(=O)(=O)Nc3cc(C)on3)cc2)cn1. The van der Waals surface area contributed by atoms with Gasteiger partial charge in [0.2, 0.25) is 0 Å². The summed E-state index contributed by atoms with van der Waals surface area (Å²) in [5.74, 6) is 0.522. The van der Waals surface area contributed by atoms with Crippen LogP contribution < -0.4 is 9.44 Å². The van der Waals surface area contributed by atoms with Crippen molar-refractivity contribution in [3.05, 3.63) is 48.5 Å². The Balaban J connectivity index is 1.76. The smallest absolute Gasteiger partial charge is 0.265 e. The lowest BCUT2D eigenvalue weighted by Crippen LogP contribution is -2.14. The fourth-order valence-corrected chi connectivity index (χ4v) is 4.18. The number of rotatable bonds is 7. The van der Waals surface area contributed by atoms with Crippen molar-refractivity contribution in [2.75, 3.05) is 9.44 Å². The van der Waals surface area contributed by atoms with Crippen LogP contribution in [0.4, 0.5) is 11.5 Å². The largest absolute Gasteiger partial charge is 0.360 e. The number of nitrogens with zero attached hydrogens (tertiary/aromatic N) is 3. The average Bonchev–Trinajstić information content (AvgIpc) is 3.24.